The minimum Gasteiger partial charge on any atom is -0.460 e. The van der Waals surface area contributed by atoms with Crippen molar-refractivity contribution in [1.29, 1.82) is 5.26 Å². The number of aryl methyl sites for hydroxylation is 1. The number of nitrogens with zero attached hydrogens (tertiary/aromatic N) is 1. The first-order valence-corrected chi connectivity index (χ1v) is 8.62. The molecule has 0 amide bonds. The van der Waals surface area contributed by atoms with Gasteiger partial charge in [-0.25, -0.2) is 8.42 Å². The van der Waals surface area contributed by atoms with Crippen LogP contribution in [0.4, 0.5) is 0 Å². The van der Waals surface area contributed by atoms with Gasteiger partial charge in [-0.1, -0.05) is 19.4 Å². The van der Waals surface area contributed by atoms with E-state index in [0.717, 1.165) is 19.3 Å². The fourth-order valence-electron chi connectivity index (χ4n) is 2.22. The van der Waals surface area contributed by atoms with Crippen molar-refractivity contribution < 1.29 is 12.8 Å². The molecule has 0 N–H and O–H groups in total. The summed E-state index contributed by atoms with van der Waals surface area (Å²) in [6.07, 6.45) is 3.92. The van der Waals surface area contributed by atoms with Gasteiger partial charge in [-0.3, -0.25) is 0 Å². The number of hydrogen-bond donors (Lipinski definition) is 0. The van der Waals surface area contributed by atoms with Gasteiger partial charge in [0.15, 0.2) is 9.84 Å². The van der Waals surface area contributed by atoms with E-state index in [2.05, 4.69) is 13.0 Å². The number of sulfone groups is 1. The van der Waals surface area contributed by atoms with E-state index < -0.39 is 9.84 Å². The molecule has 5 heteroatoms. The maximum atomic E-state index is 11.3. The van der Waals surface area contributed by atoms with Crippen molar-refractivity contribution in [2.75, 3.05) is 6.26 Å². The highest BCUT2D eigenvalue weighted by Gasteiger charge is 2.15. The largest absolute Gasteiger partial charge is 0.460 e. The molecule has 0 bridgehead atoms. The number of nitriles is 1. The Bertz CT molecular complexity index is 766. The lowest BCUT2D eigenvalue weighted by Gasteiger charge is -1.99. The molecule has 0 saturated heterocycles. The predicted octanol–water partition coefficient (Wildman–Crippen LogP) is 3.19. The zero-order valence-electron chi connectivity index (χ0n) is 11.6. The Morgan fingerprint density at radius 1 is 1.35 bits per heavy atom. The van der Waals surface area contributed by atoms with Crippen LogP contribution >= 0.6 is 0 Å². The van der Waals surface area contributed by atoms with E-state index >= 15 is 0 Å². The van der Waals surface area contributed by atoms with Crippen molar-refractivity contribution in [3.8, 4) is 6.07 Å². The summed E-state index contributed by atoms with van der Waals surface area (Å²) in [6, 6.07) is 7.39. The monoisotopic (exact) mass is 291 g/mol. The predicted molar refractivity (Wildman–Crippen MR) is 78.1 cm³/mol. The molecule has 20 heavy (non-hydrogen) atoms. The van der Waals surface area contributed by atoms with Crippen LogP contribution in [0.5, 0.6) is 0 Å². The summed E-state index contributed by atoms with van der Waals surface area (Å²) < 4.78 is 28.4. The Balaban J connectivity index is 2.48. The summed E-state index contributed by atoms with van der Waals surface area (Å²) >= 11 is 0. The Morgan fingerprint density at radius 2 is 2.10 bits per heavy atom. The smallest absolute Gasteiger partial charge is 0.151 e. The third-order valence-electron chi connectivity index (χ3n) is 3.12. The number of benzene rings is 1. The third-order valence-corrected chi connectivity index (χ3v) is 3.98. The molecule has 2 rings (SSSR count). The average molecular weight is 291 g/mol. The summed E-state index contributed by atoms with van der Waals surface area (Å²) in [6.45, 7) is 2.08. The van der Waals surface area contributed by atoms with E-state index in [-0.39, 0.29) is 5.75 Å². The first kappa shape index (κ1) is 14.6. The molecule has 0 saturated carbocycles. The highest BCUT2D eigenvalue weighted by Crippen LogP contribution is 2.28. The van der Waals surface area contributed by atoms with Gasteiger partial charge in [-0.05, 0) is 24.1 Å². The molecular formula is C15H17NO3S. The summed E-state index contributed by atoms with van der Waals surface area (Å²) in [7, 11) is -3.09. The first-order valence-electron chi connectivity index (χ1n) is 6.56. The Hall–Kier alpha value is -1.80. The maximum Gasteiger partial charge on any atom is 0.151 e. The minimum absolute atomic E-state index is 0.0245. The SMILES string of the molecule is CCCCc1oc2ccc(CS(C)(=O)=O)cc2c1C#N. The second kappa shape index (κ2) is 5.68. The van der Waals surface area contributed by atoms with Crippen molar-refractivity contribution in [1.82, 2.24) is 0 Å². The number of fused-ring (bicyclic) bond motifs is 1. The molecule has 0 unspecified atom stereocenters. The van der Waals surface area contributed by atoms with Gasteiger partial charge in [0.25, 0.3) is 0 Å². The van der Waals surface area contributed by atoms with Crippen LogP contribution in [0.1, 0.15) is 36.7 Å². The molecule has 4 nitrogen and oxygen atoms in total. The van der Waals surface area contributed by atoms with Crippen molar-refractivity contribution in [3.63, 3.8) is 0 Å². The van der Waals surface area contributed by atoms with E-state index in [9.17, 15) is 13.7 Å². The van der Waals surface area contributed by atoms with Gasteiger partial charge in [0, 0.05) is 18.1 Å². The molecule has 1 heterocycles. The van der Waals surface area contributed by atoms with Crippen molar-refractivity contribution in [2.45, 2.75) is 31.9 Å². The molecule has 1 aromatic carbocycles. The van der Waals surface area contributed by atoms with Crippen LogP contribution in [0.25, 0.3) is 11.0 Å². The van der Waals surface area contributed by atoms with Crippen molar-refractivity contribution >= 4 is 20.8 Å². The molecule has 0 aliphatic carbocycles. The molecule has 2 aromatic rings. The van der Waals surface area contributed by atoms with Gasteiger partial charge >= 0.3 is 0 Å². The van der Waals surface area contributed by atoms with Crippen LogP contribution < -0.4 is 0 Å². The van der Waals surface area contributed by atoms with Crippen molar-refractivity contribution in [3.05, 3.63) is 35.1 Å². The molecule has 0 aliphatic rings. The Kier molecular flexibility index (Phi) is 4.15. The summed E-state index contributed by atoms with van der Waals surface area (Å²) in [5.41, 5.74) is 1.85. The lowest BCUT2D eigenvalue weighted by atomic mass is 10.1. The lowest BCUT2D eigenvalue weighted by molar-refractivity contribution is 0.535. The second-order valence-electron chi connectivity index (χ2n) is 5.02. The van der Waals surface area contributed by atoms with Gasteiger partial charge < -0.3 is 4.42 Å². The molecule has 0 radical (unpaired) electrons. The summed E-state index contributed by atoms with van der Waals surface area (Å²) in [4.78, 5) is 0. The molecule has 1 aromatic heterocycles. The van der Waals surface area contributed by atoms with Crippen molar-refractivity contribution in [2.24, 2.45) is 0 Å². The van der Waals surface area contributed by atoms with Gasteiger partial charge in [-0.2, -0.15) is 5.26 Å². The van der Waals surface area contributed by atoms with Gasteiger partial charge in [-0.15, -0.1) is 0 Å². The molecule has 0 atom stereocenters. The van der Waals surface area contributed by atoms with Gasteiger partial charge in [0.05, 0.1) is 5.75 Å². The fourth-order valence-corrected chi connectivity index (χ4v) is 3.01. The fraction of sp³-hybridized carbons (Fsp3) is 0.400. The van der Waals surface area contributed by atoms with E-state index in [1.165, 1.54) is 6.26 Å². The highest BCUT2D eigenvalue weighted by molar-refractivity contribution is 7.89. The van der Waals surface area contributed by atoms with Crippen LogP contribution in [0, 0.1) is 11.3 Å². The number of rotatable bonds is 5. The van der Waals surface area contributed by atoms with E-state index in [0.29, 0.717) is 27.9 Å². The Labute approximate surface area is 118 Å². The lowest BCUT2D eigenvalue weighted by Crippen LogP contribution is -2.00. The van der Waals surface area contributed by atoms with E-state index in [4.69, 9.17) is 4.42 Å². The quantitative estimate of drug-likeness (QED) is 0.848. The maximum absolute atomic E-state index is 11.3. The van der Waals surface area contributed by atoms with E-state index in [1.807, 2.05) is 0 Å². The average Bonchev–Trinajstić information content (AvgIpc) is 2.71. The van der Waals surface area contributed by atoms with E-state index in [1.54, 1.807) is 18.2 Å². The minimum atomic E-state index is -3.09. The van der Waals surface area contributed by atoms with Crippen LogP contribution in [0.15, 0.2) is 22.6 Å². The standard InChI is InChI=1S/C15H17NO3S/c1-3-4-5-14-13(9-16)12-8-11(10-20(2,17)18)6-7-15(12)19-14/h6-8H,3-5,10H2,1-2H3. The van der Waals surface area contributed by atoms with Crippen LogP contribution in [0.2, 0.25) is 0 Å². The molecule has 0 fully saturated rings. The normalized spacial score (nSPS) is 11.7. The topological polar surface area (TPSA) is 71.1 Å². The molecular weight excluding hydrogens is 274 g/mol. The highest BCUT2D eigenvalue weighted by atomic mass is 32.2. The number of furan rings is 1. The van der Waals surface area contributed by atoms with Gasteiger partial charge in [0.1, 0.15) is 23.0 Å². The molecule has 0 spiro atoms. The third kappa shape index (κ3) is 3.20. The molecule has 0 aliphatic heterocycles. The Morgan fingerprint density at radius 3 is 2.70 bits per heavy atom. The number of hydrogen-bond acceptors (Lipinski definition) is 4. The molecule has 106 valence electrons. The number of unbranched alkanes of at least 4 members (excludes halogenated alkanes) is 1. The summed E-state index contributed by atoms with van der Waals surface area (Å²) in [5.74, 6) is 0.671. The van der Waals surface area contributed by atoms with Crippen LogP contribution in [-0.4, -0.2) is 14.7 Å². The first-order chi connectivity index (χ1) is 9.44. The zero-order valence-corrected chi connectivity index (χ0v) is 12.5. The zero-order chi connectivity index (χ0) is 14.8. The second-order valence-corrected chi connectivity index (χ2v) is 7.16. The van der Waals surface area contributed by atoms with Gasteiger partial charge in [0.2, 0.25) is 0 Å². The van der Waals surface area contributed by atoms with Crippen LogP contribution in [-0.2, 0) is 22.0 Å². The van der Waals surface area contributed by atoms with Crippen LogP contribution in [0.3, 0.4) is 0 Å². The summed E-state index contributed by atoms with van der Waals surface area (Å²) in [5, 5.41) is 10.0.